The van der Waals surface area contributed by atoms with Gasteiger partial charge in [0.2, 0.25) is 0 Å². The average molecular weight is 426 g/mol. The normalized spacial score (nSPS) is 15.7. The van der Waals surface area contributed by atoms with Gasteiger partial charge in [0.05, 0.1) is 36.8 Å². The lowest BCUT2D eigenvalue weighted by Gasteiger charge is -2.35. The summed E-state index contributed by atoms with van der Waals surface area (Å²) in [4.78, 5) is 19.8. The van der Waals surface area contributed by atoms with E-state index in [2.05, 4.69) is 15.2 Å². The highest BCUT2D eigenvalue weighted by atomic mass is 35.5. The third kappa shape index (κ3) is 4.73. The maximum Gasteiger partial charge on any atom is 0.253 e. The molecule has 0 aliphatic carbocycles. The summed E-state index contributed by atoms with van der Waals surface area (Å²) in [6.45, 7) is 5.34. The maximum atomic E-state index is 12.9. The van der Waals surface area contributed by atoms with Gasteiger partial charge in [-0.15, -0.1) is 0 Å². The molecule has 1 unspecified atom stereocenters. The summed E-state index contributed by atoms with van der Waals surface area (Å²) < 4.78 is 10.9. The van der Waals surface area contributed by atoms with Crippen LogP contribution >= 0.6 is 11.6 Å². The number of carbonyl (C=O) groups is 1. The number of carbonyl (C=O) groups excluding carboxylic acids is 1. The van der Waals surface area contributed by atoms with Gasteiger partial charge in [0.1, 0.15) is 5.69 Å². The predicted molar refractivity (Wildman–Crippen MR) is 116 cm³/mol. The molecule has 1 aliphatic rings. The number of furan rings is 1. The number of nitrogens with zero attached hydrogens (tertiary/aromatic N) is 2. The second kappa shape index (κ2) is 9.43. The van der Waals surface area contributed by atoms with E-state index in [1.54, 1.807) is 18.4 Å². The van der Waals surface area contributed by atoms with Gasteiger partial charge in [0.15, 0.2) is 5.76 Å². The molecule has 1 atom stereocenters. The summed E-state index contributed by atoms with van der Waals surface area (Å²) >= 11 is 6.06. The first-order chi connectivity index (χ1) is 14.6. The summed E-state index contributed by atoms with van der Waals surface area (Å²) in [6.07, 6.45) is 1.61. The molecule has 1 fully saturated rings. The fourth-order valence-corrected chi connectivity index (χ4v) is 3.80. The SMILES string of the molecule is Cc1nc(-c2ccco2)ccc1C(=O)NCC(c1ccc(Cl)cc1)N1CCOCC1. The standard InChI is InChI=1S/C23H24ClN3O3/c1-16-19(8-9-20(26-16)22-3-2-12-30-22)23(28)25-15-21(27-10-13-29-14-11-27)17-4-6-18(24)7-5-17/h2-9,12,21H,10-11,13-15H2,1H3,(H,25,28). The summed E-state index contributed by atoms with van der Waals surface area (Å²) in [7, 11) is 0. The molecule has 1 amide bonds. The Morgan fingerprint density at radius 1 is 1.17 bits per heavy atom. The number of nitrogens with one attached hydrogen (secondary N) is 1. The predicted octanol–water partition coefficient (Wildman–Crippen LogP) is 4.11. The van der Waals surface area contributed by atoms with Gasteiger partial charge < -0.3 is 14.5 Å². The summed E-state index contributed by atoms with van der Waals surface area (Å²) in [5, 5.41) is 3.78. The zero-order chi connectivity index (χ0) is 20.9. The van der Waals surface area contributed by atoms with Crippen LogP contribution in [0.5, 0.6) is 0 Å². The number of aromatic nitrogens is 1. The van der Waals surface area contributed by atoms with Crippen LogP contribution in [0, 0.1) is 6.92 Å². The average Bonchev–Trinajstić information content (AvgIpc) is 3.30. The smallest absolute Gasteiger partial charge is 0.253 e. The van der Waals surface area contributed by atoms with Crippen molar-refractivity contribution in [2.75, 3.05) is 32.8 Å². The summed E-state index contributed by atoms with van der Waals surface area (Å²) in [6, 6.07) is 15.1. The molecule has 0 saturated carbocycles. The zero-order valence-electron chi connectivity index (χ0n) is 16.8. The molecule has 7 heteroatoms. The lowest BCUT2D eigenvalue weighted by molar-refractivity contribution is 0.0162. The molecule has 4 rings (SSSR count). The molecule has 6 nitrogen and oxygen atoms in total. The van der Waals surface area contributed by atoms with E-state index in [9.17, 15) is 4.79 Å². The molecule has 0 radical (unpaired) electrons. The minimum atomic E-state index is -0.141. The Hall–Kier alpha value is -2.67. The second-order valence-electron chi connectivity index (χ2n) is 7.23. The number of morpholine rings is 1. The van der Waals surface area contributed by atoms with E-state index in [1.807, 2.05) is 43.3 Å². The van der Waals surface area contributed by atoms with Gasteiger partial charge in [-0.3, -0.25) is 9.69 Å². The first-order valence-electron chi connectivity index (χ1n) is 9.99. The van der Waals surface area contributed by atoms with Crippen molar-refractivity contribution in [2.45, 2.75) is 13.0 Å². The van der Waals surface area contributed by atoms with Crippen LogP contribution in [-0.2, 0) is 4.74 Å². The number of hydrogen-bond donors (Lipinski definition) is 1. The van der Waals surface area contributed by atoms with Crippen LogP contribution in [0.1, 0.15) is 27.7 Å². The molecule has 1 aliphatic heterocycles. The Morgan fingerprint density at radius 3 is 2.60 bits per heavy atom. The van der Waals surface area contributed by atoms with E-state index in [-0.39, 0.29) is 11.9 Å². The largest absolute Gasteiger partial charge is 0.463 e. The number of halogens is 1. The molecule has 2 aromatic heterocycles. The van der Waals surface area contributed by atoms with Crippen LogP contribution in [0.3, 0.4) is 0 Å². The molecule has 30 heavy (non-hydrogen) atoms. The topological polar surface area (TPSA) is 67.6 Å². The molecular weight excluding hydrogens is 402 g/mol. The van der Waals surface area contributed by atoms with Gasteiger partial charge in [0, 0.05) is 24.7 Å². The minimum absolute atomic E-state index is 0.0470. The molecule has 0 spiro atoms. The Balaban J connectivity index is 1.48. The van der Waals surface area contributed by atoms with E-state index >= 15 is 0 Å². The van der Waals surface area contributed by atoms with Crippen LogP contribution < -0.4 is 5.32 Å². The molecular formula is C23H24ClN3O3. The first-order valence-corrected chi connectivity index (χ1v) is 10.4. The van der Waals surface area contributed by atoms with Crippen molar-refractivity contribution in [2.24, 2.45) is 0 Å². The molecule has 156 valence electrons. The van der Waals surface area contributed by atoms with Crippen molar-refractivity contribution in [1.82, 2.24) is 15.2 Å². The Morgan fingerprint density at radius 2 is 1.93 bits per heavy atom. The van der Waals surface area contributed by atoms with Gasteiger partial charge >= 0.3 is 0 Å². The monoisotopic (exact) mass is 425 g/mol. The van der Waals surface area contributed by atoms with Gasteiger partial charge in [-0.1, -0.05) is 23.7 Å². The molecule has 1 saturated heterocycles. The second-order valence-corrected chi connectivity index (χ2v) is 7.67. The highest BCUT2D eigenvalue weighted by Gasteiger charge is 2.24. The molecule has 1 N–H and O–H groups in total. The van der Waals surface area contributed by atoms with Crippen molar-refractivity contribution in [3.05, 3.63) is 76.6 Å². The number of amides is 1. The molecule has 1 aromatic carbocycles. The molecule has 0 bridgehead atoms. The highest BCUT2D eigenvalue weighted by molar-refractivity contribution is 6.30. The van der Waals surface area contributed by atoms with E-state index in [1.165, 1.54) is 0 Å². The van der Waals surface area contributed by atoms with E-state index in [0.29, 0.717) is 47.5 Å². The van der Waals surface area contributed by atoms with Crippen LogP contribution in [0.25, 0.3) is 11.5 Å². The zero-order valence-corrected chi connectivity index (χ0v) is 17.6. The number of pyridine rings is 1. The number of aryl methyl sites for hydroxylation is 1. The molecule has 3 heterocycles. The molecule has 3 aromatic rings. The Kier molecular flexibility index (Phi) is 6.47. The first kappa shape index (κ1) is 20.6. The lowest BCUT2D eigenvalue weighted by Crippen LogP contribution is -2.43. The van der Waals surface area contributed by atoms with Crippen molar-refractivity contribution < 1.29 is 13.9 Å². The van der Waals surface area contributed by atoms with Gasteiger partial charge in [-0.05, 0) is 48.9 Å². The third-order valence-corrected chi connectivity index (χ3v) is 5.55. The van der Waals surface area contributed by atoms with Crippen LogP contribution in [0.15, 0.2) is 59.2 Å². The van der Waals surface area contributed by atoms with E-state index in [0.717, 1.165) is 18.7 Å². The Bertz CT molecular complexity index is 983. The van der Waals surface area contributed by atoms with E-state index in [4.69, 9.17) is 20.8 Å². The van der Waals surface area contributed by atoms with Crippen molar-refractivity contribution in [3.63, 3.8) is 0 Å². The third-order valence-electron chi connectivity index (χ3n) is 5.30. The number of rotatable bonds is 6. The van der Waals surface area contributed by atoms with Crippen LogP contribution in [0.2, 0.25) is 5.02 Å². The van der Waals surface area contributed by atoms with Crippen molar-refractivity contribution >= 4 is 17.5 Å². The van der Waals surface area contributed by atoms with Gasteiger partial charge in [-0.25, -0.2) is 4.98 Å². The number of hydrogen-bond acceptors (Lipinski definition) is 5. The lowest BCUT2D eigenvalue weighted by atomic mass is 10.0. The number of benzene rings is 1. The number of ether oxygens (including phenoxy) is 1. The fraction of sp³-hybridized carbons (Fsp3) is 0.304. The summed E-state index contributed by atoms with van der Waals surface area (Å²) in [5.41, 5.74) is 3.05. The quantitative estimate of drug-likeness (QED) is 0.643. The fourth-order valence-electron chi connectivity index (χ4n) is 3.68. The minimum Gasteiger partial charge on any atom is -0.463 e. The van der Waals surface area contributed by atoms with Gasteiger partial charge in [-0.2, -0.15) is 0 Å². The maximum absolute atomic E-state index is 12.9. The van der Waals surface area contributed by atoms with Gasteiger partial charge in [0.25, 0.3) is 5.91 Å². The van der Waals surface area contributed by atoms with Crippen molar-refractivity contribution in [3.8, 4) is 11.5 Å². The van der Waals surface area contributed by atoms with Crippen molar-refractivity contribution in [1.29, 1.82) is 0 Å². The van der Waals surface area contributed by atoms with Crippen LogP contribution in [0.4, 0.5) is 0 Å². The highest BCUT2D eigenvalue weighted by Crippen LogP contribution is 2.24. The summed E-state index contributed by atoms with van der Waals surface area (Å²) in [5.74, 6) is 0.540. The van der Waals surface area contributed by atoms with E-state index < -0.39 is 0 Å². The Labute approximate surface area is 180 Å². The van der Waals surface area contributed by atoms with Crippen LogP contribution in [-0.4, -0.2) is 48.6 Å².